The molecule has 2 aromatic carbocycles. The van der Waals surface area contributed by atoms with Crippen LogP contribution >= 0.6 is 11.6 Å². The Balaban J connectivity index is 1.53. The summed E-state index contributed by atoms with van der Waals surface area (Å²) in [6, 6.07) is 12.1. The number of hydrogen-bond acceptors (Lipinski definition) is 3. The lowest BCUT2D eigenvalue weighted by Gasteiger charge is -2.26. The first-order valence-corrected chi connectivity index (χ1v) is 8.61. The van der Waals surface area contributed by atoms with E-state index in [9.17, 15) is 9.18 Å². The maximum atomic E-state index is 13.7. The van der Waals surface area contributed by atoms with E-state index in [-0.39, 0.29) is 10.6 Å². The first kappa shape index (κ1) is 17.9. The van der Waals surface area contributed by atoms with E-state index in [4.69, 9.17) is 16.3 Å². The summed E-state index contributed by atoms with van der Waals surface area (Å²) < 4.78 is 19.1. The number of amides is 1. The minimum atomic E-state index is -0.620. The van der Waals surface area contributed by atoms with Gasteiger partial charge in [-0.15, -0.1) is 0 Å². The van der Waals surface area contributed by atoms with Crippen molar-refractivity contribution in [1.29, 1.82) is 0 Å². The molecule has 0 atom stereocenters. The molecule has 0 saturated carbocycles. The van der Waals surface area contributed by atoms with E-state index in [2.05, 4.69) is 22.3 Å². The average molecular weight is 363 g/mol. The molecule has 0 unspecified atom stereocenters. The second-order valence-electron chi connectivity index (χ2n) is 6.01. The zero-order valence-corrected chi connectivity index (χ0v) is 14.6. The Morgan fingerprint density at radius 3 is 2.48 bits per heavy atom. The molecule has 1 saturated heterocycles. The minimum Gasteiger partial charge on any atom is -0.379 e. The van der Waals surface area contributed by atoms with Crippen LogP contribution in [0.3, 0.4) is 0 Å². The number of carbonyl (C=O) groups excluding carboxylic acids is 1. The second-order valence-corrected chi connectivity index (χ2v) is 6.45. The molecule has 0 aliphatic carbocycles. The summed E-state index contributed by atoms with van der Waals surface area (Å²) in [4.78, 5) is 14.4. The van der Waals surface area contributed by atoms with Crippen LogP contribution in [-0.2, 0) is 17.8 Å². The quantitative estimate of drug-likeness (QED) is 0.887. The number of halogens is 2. The van der Waals surface area contributed by atoms with Crippen LogP contribution in [0.15, 0.2) is 42.5 Å². The molecule has 1 amide bonds. The number of hydrogen-bond donors (Lipinski definition) is 1. The van der Waals surface area contributed by atoms with Crippen molar-refractivity contribution in [3.8, 4) is 0 Å². The van der Waals surface area contributed by atoms with Gasteiger partial charge in [0.15, 0.2) is 0 Å². The van der Waals surface area contributed by atoms with Gasteiger partial charge in [-0.3, -0.25) is 9.69 Å². The van der Waals surface area contributed by atoms with Crippen LogP contribution in [0.1, 0.15) is 21.5 Å². The van der Waals surface area contributed by atoms with Crippen LogP contribution < -0.4 is 5.32 Å². The Morgan fingerprint density at radius 1 is 1.12 bits per heavy atom. The summed E-state index contributed by atoms with van der Waals surface area (Å²) in [5.74, 6) is -1.07. The highest BCUT2D eigenvalue weighted by Crippen LogP contribution is 2.15. The highest BCUT2D eigenvalue weighted by Gasteiger charge is 2.12. The molecule has 1 N–H and O–H groups in total. The number of nitrogens with zero attached hydrogens (tertiary/aromatic N) is 1. The molecule has 25 heavy (non-hydrogen) atoms. The smallest absolute Gasteiger partial charge is 0.254 e. The third kappa shape index (κ3) is 5.01. The van der Waals surface area contributed by atoms with Gasteiger partial charge in [-0.25, -0.2) is 4.39 Å². The van der Waals surface area contributed by atoms with Crippen LogP contribution in [0, 0.1) is 5.82 Å². The molecule has 0 bridgehead atoms. The minimum absolute atomic E-state index is 0.00617. The topological polar surface area (TPSA) is 41.6 Å². The van der Waals surface area contributed by atoms with Crippen molar-refractivity contribution in [2.24, 2.45) is 0 Å². The summed E-state index contributed by atoms with van der Waals surface area (Å²) in [5, 5.41) is 3.00. The van der Waals surface area contributed by atoms with Crippen LogP contribution in [0.25, 0.3) is 0 Å². The van der Waals surface area contributed by atoms with Crippen molar-refractivity contribution in [2.45, 2.75) is 13.1 Å². The van der Waals surface area contributed by atoms with Gasteiger partial charge in [0.1, 0.15) is 5.82 Å². The second kappa shape index (κ2) is 8.43. The molecule has 2 aromatic rings. The highest BCUT2D eigenvalue weighted by molar-refractivity contribution is 6.30. The van der Waals surface area contributed by atoms with Crippen molar-refractivity contribution in [3.05, 3.63) is 70.0 Å². The normalized spacial score (nSPS) is 15.1. The lowest BCUT2D eigenvalue weighted by Crippen LogP contribution is -2.35. The van der Waals surface area contributed by atoms with E-state index in [1.54, 1.807) is 0 Å². The molecule has 0 radical (unpaired) electrons. The van der Waals surface area contributed by atoms with Crippen LogP contribution in [0.2, 0.25) is 5.02 Å². The highest BCUT2D eigenvalue weighted by atomic mass is 35.5. The number of benzene rings is 2. The number of nitrogens with one attached hydrogen (secondary N) is 1. The fourth-order valence-electron chi connectivity index (χ4n) is 2.73. The van der Waals surface area contributed by atoms with Crippen LogP contribution in [0.4, 0.5) is 4.39 Å². The maximum Gasteiger partial charge on any atom is 0.254 e. The Bertz CT molecular complexity index is 731. The summed E-state index contributed by atoms with van der Waals surface area (Å²) in [5.41, 5.74) is 2.18. The standard InChI is InChI=1S/C19H20ClFN2O2/c20-16-5-6-17(18(21)11-16)19(24)22-12-14-1-3-15(4-2-14)13-23-7-9-25-10-8-23/h1-6,11H,7-10,12-13H2,(H,22,24). The van der Waals surface area contributed by atoms with Crippen molar-refractivity contribution < 1.29 is 13.9 Å². The Hall–Kier alpha value is -1.95. The van der Waals surface area contributed by atoms with E-state index < -0.39 is 11.7 Å². The molecule has 0 spiro atoms. The van der Waals surface area contributed by atoms with Crippen molar-refractivity contribution >= 4 is 17.5 Å². The molecular weight excluding hydrogens is 343 g/mol. The summed E-state index contributed by atoms with van der Waals surface area (Å²) in [6.45, 7) is 4.70. The first-order valence-electron chi connectivity index (χ1n) is 8.23. The van der Waals surface area contributed by atoms with Gasteiger partial charge in [0.2, 0.25) is 0 Å². The van der Waals surface area contributed by atoms with Crippen LogP contribution in [0.5, 0.6) is 0 Å². The van der Waals surface area contributed by atoms with Crippen molar-refractivity contribution in [1.82, 2.24) is 10.2 Å². The molecule has 1 aliphatic rings. The fraction of sp³-hybridized carbons (Fsp3) is 0.316. The van der Waals surface area contributed by atoms with Gasteiger partial charge in [0.25, 0.3) is 5.91 Å². The maximum absolute atomic E-state index is 13.7. The van der Waals surface area contributed by atoms with Gasteiger partial charge in [0.05, 0.1) is 18.8 Å². The van der Waals surface area contributed by atoms with E-state index in [1.807, 2.05) is 12.1 Å². The number of rotatable bonds is 5. The van der Waals surface area contributed by atoms with Gasteiger partial charge >= 0.3 is 0 Å². The van der Waals surface area contributed by atoms with E-state index in [1.165, 1.54) is 17.7 Å². The third-order valence-electron chi connectivity index (χ3n) is 4.16. The molecule has 6 heteroatoms. The molecule has 0 aromatic heterocycles. The first-order chi connectivity index (χ1) is 12.1. The number of ether oxygens (including phenoxy) is 1. The predicted octanol–water partition coefficient (Wildman–Crippen LogP) is 3.24. The predicted molar refractivity (Wildman–Crippen MR) is 95.1 cm³/mol. The monoisotopic (exact) mass is 362 g/mol. The molecule has 4 nitrogen and oxygen atoms in total. The summed E-state index contributed by atoms with van der Waals surface area (Å²) in [6.07, 6.45) is 0. The molecule has 1 heterocycles. The Kier molecular flexibility index (Phi) is 6.02. The molecule has 3 rings (SSSR count). The number of morpholine rings is 1. The van der Waals surface area contributed by atoms with Gasteiger partial charge in [-0.2, -0.15) is 0 Å². The summed E-state index contributed by atoms with van der Waals surface area (Å²) in [7, 11) is 0. The van der Waals surface area contributed by atoms with E-state index >= 15 is 0 Å². The molecular formula is C19H20ClFN2O2. The van der Waals surface area contributed by atoms with Gasteiger partial charge in [-0.05, 0) is 29.3 Å². The molecule has 1 aliphatic heterocycles. The van der Waals surface area contributed by atoms with Gasteiger partial charge in [-0.1, -0.05) is 35.9 Å². The lowest BCUT2D eigenvalue weighted by atomic mass is 10.1. The molecule has 132 valence electrons. The number of carbonyl (C=O) groups is 1. The van der Waals surface area contributed by atoms with Crippen molar-refractivity contribution in [2.75, 3.05) is 26.3 Å². The largest absolute Gasteiger partial charge is 0.379 e. The third-order valence-corrected chi connectivity index (χ3v) is 4.40. The fourth-order valence-corrected chi connectivity index (χ4v) is 2.89. The zero-order valence-electron chi connectivity index (χ0n) is 13.8. The van der Waals surface area contributed by atoms with Gasteiger partial charge in [0, 0.05) is 31.2 Å². The zero-order chi connectivity index (χ0) is 17.6. The summed E-state index contributed by atoms with van der Waals surface area (Å²) >= 11 is 5.70. The van der Waals surface area contributed by atoms with E-state index in [0.29, 0.717) is 6.54 Å². The average Bonchev–Trinajstić information content (AvgIpc) is 2.62. The lowest BCUT2D eigenvalue weighted by molar-refractivity contribution is 0.0342. The Labute approximate surface area is 151 Å². The van der Waals surface area contributed by atoms with E-state index in [0.717, 1.165) is 44.5 Å². The SMILES string of the molecule is O=C(NCc1ccc(CN2CCOCC2)cc1)c1ccc(Cl)cc1F. The van der Waals surface area contributed by atoms with Crippen molar-refractivity contribution in [3.63, 3.8) is 0 Å². The van der Waals surface area contributed by atoms with Gasteiger partial charge < -0.3 is 10.1 Å². The molecule has 1 fully saturated rings. The van der Waals surface area contributed by atoms with Crippen LogP contribution in [-0.4, -0.2) is 37.1 Å². The Morgan fingerprint density at radius 2 is 1.80 bits per heavy atom.